The minimum Gasteiger partial charge on any atom is -0.455 e. The molecule has 0 aliphatic carbocycles. The molecule has 0 unspecified atom stereocenters. The number of nitrogens with zero attached hydrogens (tertiary/aromatic N) is 3. The van der Waals surface area contributed by atoms with Gasteiger partial charge in [0.2, 0.25) is 5.91 Å². The van der Waals surface area contributed by atoms with Gasteiger partial charge < -0.3 is 14.2 Å². The molecule has 2 aromatic carbocycles. The highest BCUT2D eigenvalue weighted by Crippen LogP contribution is 2.31. The second kappa shape index (κ2) is 13.3. The molecule has 4 rings (SSSR count). The molecule has 200 valence electrons. The molecular weight excluding hydrogens is 470 g/mol. The molecule has 2 heterocycles. The number of hydrogen-bond acceptors (Lipinski definition) is 3. The minimum atomic E-state index is 0.140. The van der Waals surface area contributed by atoms with Crippen molar-refractivity contribution in [3.63, 3.8) is 0 Å². The maximum absolute atomic E-state index is 13.9. The Bertz CT molecular complexity index is 1340. The molecule has 0 spiro atoms. The Morgan fingerprint density at radius 2 is 1.74 bits per heavy atom. The number of unbranched alkanes of at least 4 members (excludes halogenated alkanes) is 4. The van der Waals surface area contributed by atoms with Gasteiger partial charge in [0, 0.05) is 41.6 Å². The SMILES string of the molecule is CCCCCN(C(=O)Cc1c(C)n(CCCCC)c2ccccc12)c1ccc(Oc2cccnc2)c(C)c1. The summed E-state index contributed by atoms with van der Waals surface area (Å²) in [6.07, 6.45) is 10.6. The van der Waals surface area contributed by atoms with E-state index in [4.69, 9.17) is 4.74 Å². The van der Waals surface area contributed by atoms with Gasteiger partial charge in [0.05, 0.1) is 12.6 Å². The van der Waals surface area contributed by atoms with Crippen LogP contribution in [0.2, 0.25) is 0 Å². The van der Waals surface area contributed by atoms with Gasteiger partial charge in [-0.3, -0.25) is 9.78 Å². The van der Waals surface area contributed by atoms with Gasteiger partial charge in [-0.05, 0) is 74.2 Å². The Hall–Kier alpha value is -3.60. The number of carbonyl (C=O) groups is 1. The van der Waals surface area contributed by atoms with Crippen LogP contribution in [0, 0.1) is 13.8 Å². The van der Waals surface area contributed by atoms with Gasteiger partial charge >= 0.3 is 0 Å². The van der Waals surface area contributed by atoms with Crippen molar-refractivity contribution in [2.45, 2.75) is 79.2 Å². The summed E-state index contributed by atoms with van der Waals surface area (Å²) < 4.78 is 8.44. The third-order valence-corrected chi connectivity index (χ3v) is 7.29. The number of fused-ring (bicyclic) bond motifs is 1. The lowest BCUT2D eigenvalue weighted by molar-refractivity contribution is -0.118. The van der Waals surface area contributed by atoms with Crippen LogP contribution >= 0.6 is 0 Å². The standard InChI is InChI=1S/C33H41N3O2/c1-5-7-11-20-35-26(4)30(29-15-9-10-16-31(29)35)23-33(37)36(21-12-8-6-2)27-17-18-32(25(3)22-27)38-28-14-13-19-34-24-28/h9-10,13-19,22,24H,5-8,11-12,20-21,23H2,1-4H3. The number of para-hydroxylation sites is 1. The predicted molar refractivity (Wildman–Crippen MR) is 157 cm³/mol. The molecule has 0 atom stereocenters. The van der Waals surface area contributed by atoms with Crippen LogP contribution in [-0.2, 0) is 17.8 Å². The van der Waals surface area contributed by atoms with Crippen LogP contribution in [0.1, 0.15) is 69.2 Å². The van der Waals surface area contributed by atoms with Crippen LogP contribution in [0.4, 0.5) is 5.69 Å². The highest BCUT2D eigenvalue weighted by atomic mass is 16.5. The van der Waals surface area contributed by atoms with Gasteiger partial charge in [0.25, 0.3) is 0 Å². The van der Waals surface area contributed by atoms with Gasteiger partial charge in [-0.2, -0.15) is 0 Å². The summed E-state index contributed by atoms with van der Waals surface area (Å²) in [7, 11) is 0. The number of ether oxygens (including phenoxy) is 1. The van der Waals surface area contributed by atoms with Gasteiger partial charge in [0.15, 0.2) is 0 Å². The molecule has 5 nitrogen and oxygen atoms in total. The maximum Gasteiger partial charge on any atom is 0.231 e. The number of amides is 1. The number of benzene rings is 2. The van der Waals surface area contributed by atoms with Crippen LogP contribution in [0.15, 0.2) is 67.0 Å². The first-order valence-corrected chi connectivity index (χ1v) is 14.1. The van der Waals surface area contributed by atoms with Crippen molar-refractivity contribution in [2.24, 2.45) is 0 Å². The molecule has 38 heavy (non-hydrogen) atoms. The Balaban J connectivity index is 1.61. The molecule has 5 heteroatoms. The largest absolute Gasteiger partial charge is 0.455 e. The predicted octanol–water partition coefficient (Wildman–Crippen LogP) is 8.40. The zero-order valence-electron chi connectivity index (χ0n) is 23.4. The molecule has 0 radical (unpaired) electrons. The van der Waals surface area contributed by atoms with E-state index in [0.29, 0.717) is 18.7 Å². The van der Waals surface area contributed by atoms with Crippen LogP contribution in [0.25, 0.3) is 10.9 Å². The van der Waals surface area contributed by atoms with Crippen molar-refractivity contribution < 1.29 is 9.53 Å². The first-order valence-electron chi connectivity index (χ1n) is 14.1. The first kappa shape index (κ1) is 27.4. The summed E-state index contributed by atoms with van der Waals surface area (Å²) in [5.41, 5.74) is 5.50. The Kier molecular flexibility index (Phi) is 9.58. The zero-order chi connectivity index (χ0) is 26.9. The van der Waals surface area contributed by atoms with Crippen molar-refractivity contribution in [1.82, 2.24) is 9.55 Å². The number of pyridine rings is 1. The van der Waals surface area contributed by atoms with Gasteiger partial charge in [-0.15, -0.1) is 0 Å². The topological polar surface area (TPSA) is 47.4 Å². The highest BCUT2D eigenvalue weighted by molar-refractivity contribution is 5.98. The molecule has 1 amide bonds. The average molecular weight is 512 g/mol. The van der Waals surface area contributed by atoms with E-state index >= 15 is 0 Å². The number of anilines is 1. The van der Waals surface area contributed by atoms with Crippen LogP contribution in [0.3, 0.4) is 0 Å². The van der Waals surface area contributed by atoms with Crippen molar-refractivity contribution in [3.05, 3.63) is 83.8 Å². The average Bonchev–Trinajstić information content (AvgIpc) is 3.19. The minimum absolute atomic E-state index is 0.140. The van der Waals surface area contributed by atoms with Crippen LogP contribution in [0.5, 0.6) is 11.5 Å². The lowest BCUT2D eigenvalue weighted by atomic mass is 10.1. The summed E-state index contributed by atoms with van der Waals surface area (Å²) in [5, 5.41) is 1.19. The lowest BCUT2D eigenvalue weighted by Gasteiger charge is -2.24. The number of aryl methyl sites for hydroxylation is 2. The fourth-order valence-corrected chi connectivity index (χ4v) is 5.15. The fourth-order valence-electron chi connectivity index (χ4n) is 5.15. The maximum atomic E-state index is 13.9. The second-order valence-corrected chi connectivity index (χ2v) is 10.1. The summed E-state index contributed by atoms with van der Waals surface area (Å²) in [5.74, 6) is 1.61. The zero-order valence-corrected chi connectivity index (χ0v) is 23.4. The number of carbonyl (C=O) groups excluding carboxylic acids is 1. The van der Waals surface area contributed by atoms with E-state index in [0.717, 1.165) is 54.8 Å². The van der Waals surface area contributed by atoms with Crippen LogP contribution < -0.4 is 9.64 Å². The highest BCUT2D eigenvalue weighted by Gasteiger charge is 2.22. The van der Waals surface area contributed by atoms with Gasteiger partial charge in [0.1, 0.15) is 11.5 Å². The molecule has 0 saturated carbocycles. The second-order valence-electron chi connectivity index (χ2n) is 10.1. The lowest BCUT2D eigenvalue weighted by Crippen LogP contribution is -2.33. The summed E-state index contributed by atoms with van der Waals surface area (Å²) in [4.78, 5) is 20.0. The molecule has 0 bridgehead atoms. The third-order valence-electron chi connectivity index (χ3n) is 7.29. The van der Waals surface area contributed by atoms with Crippen molar-refractivity contribution in [1.29, 1.82) is 0 Å². The van der Waals surface area contributed by atoms with E-state index in [2.05, 4.69) is 60.7 Å². The normalized spacial score (nSPS) is 11.2. The molecule has 0 aliphatic heterocycles. The monoisotopic (exact) mass is 511 g/mol. The number of rotatable bonds is 13. The number of hydrogen-bond donors (Lipinski definition) is 0. The van der Waals surface area contributed by atoms with E-state index in [-0.39, 0.29) is 5.91 Å². The molecule has 0 fully saturated rings. The van der Waals surface area contributed by atoms with Gasteiger partial charge in [-0.1, -0.05) is 57.7 Å². The quantitative estimate of drug-likeness (QED) is 0.169. The van der Waals surface area contributed by atoms with E-state index in [9.17, 15) is 4.79 Å². The van der Waals surface area contributed by atoms with E-state index in [1.54, 1.807) is 12.4 Å². The Morgan fingerprint density at radius 1 is 0.947 bits per heavy atom. The molecule has 2 aromatic heterocycles. The van der Waals surface area contributed by atoms with Crippen LogP contribution in [-0.4, -0.2) is 22.0 Å². The molecule has 4 aromatic rings. The Morgan fingerprint density at radius 3 is 2.47 bits per heavy atom. The van der Waals surface area contributed by atoms with E-state index in [1.165, 1.54) is 29.4 Å². The summed E-state index contributed by atoms with van der Waals surface area (Å²) in [6.45, 7) is 10.3. The number of aromatic nitrogens is 2. The van der Waals surface area contributed by atoms with Gasteiger partial charge in [-0.25, -0.2) is 0 Å². The molecule has 0 N–H and O–H groups in total. The smallest absolute Gasteiger partial charge is 0.231 e. The first-order chi connectivity index (χ1) is 18.5. The molecular formula is C33H41N3O2. The molecule has 0 aliphatic rings. The van der Waals surface area contributed by atoms with Crippen molar-refractivity contribution >= 4 is 22.5 Å². The van der Waals surface area contributed by atoms with E-state index < -0.39 is 0 Å². The van der Waals surface area contributed by atoms with Crippen molar-refractivity contribution in [2.75, 3.05) is 11.4 Å². The molecule has 0 saturated heterocycles. The summed E-state index contributed by atoms with van der Waals surface area (Å²) in [6, 6.07) is 18.3. The Labute approximate surface area is 227 Å². The van der Waals surface area contributed by atoms with Crippen molar-refractivity contribution in [3.8, 4) is 11.5 Å². The third kappa shape index (κ3) is 6.45. The van der Waals surface area contributed by atoms with E-state index in [1.807, 2.05) is 36.1 Å². The summed E-state index contributed by atoms with van der Waals surface area (Å²) >= 11 is 0. The fraction of sp³-hybridized carbons (Fsp3) is 0.394.